The minimum Gasteiger partial charge on any atom is -0.374 e. The fraction of sp³-hybridized carbons (Fsp3) is 0.368. The van der Waals surface area contributed by atoms with Gasteiger partial charge in [0.25, 0.3) is 0 Å². The van der Waals surface area contributed by atoms with E-state index in [9.17, 15) is 5.11 Å². The standard InChI is InChI=1S/C19H21NO/c1-2-12-20-14-17-11-10-16(13-18(17)19(20)21)9-8-15-6-4-3-5-7-15/h4,6-7,10-11,13,19,21H,2-3,5,12,14H2,1H3. The molecule has 1 heterocycles. The number of allylic oxidation sites excluding steroid dienone is 4. The molecule has 108 valence electrons. The Kier molecular flexibility index (Phi) is 4.24. The fourth-order valence-electron chi connectivity index (χ4n) is 2.90. The minimum atomic E-state index is -0.476. The van der Waals surface area contributed by atoms with Crippen molar-refractivity contribution in [1.29, 1.82) is 0 Å². The quantitative estimate of drug-likeness (QED) is 0.837. The Balaban J connectivity index is 1.80. The van der Waals surface area contributed by atoms with Gasteiger partial charge in [-0.1, -0.05) is 43.1 Å². The molecule has 3 rings (SSSR count). The lowest BCUT2D eigenvalue weighted by molar-refractivity contribution is 0.0138. The van der Waals surface area contributed by atoms with Gasteiger partial charge in [-0.25, -0.2) is 0 Å². The predicted octanol–water partition coefficient (Wildman–Crippen LogP) is 3.53. The first kappa shape index (κ1) is 14.1. The Hall–Kier alpha value is -1.82. The summed E-state index contributed by atoms with van der Waals surface area (Å²) < 4.78 is 0. The molecule has 2 aliphatic rings. The number of nitrogens with zero attached hydrogens (tertiary/aromatic N) is 1. The Labute approximate surface area is 126 Å². The van der Waals surface area contributed by atoms with Gasteiger partial charge in [-0.05, 0) is 37.0 Å². The number of rotatable bonds is 2. The van der Waals surface area contributed by atoms with E-state index in [-0.39, 0.29) is 0 Å². The summed E-state index contributed by atoms with van der Waals surface area (Å²) in [4.78, 5) is 2.11. The van der Waals surface area contributed by atoms with Crippen molar-refractivity contribution < 1.29 is 5.11 Å². The van der Waals surface area contributed by atoms with Crippen LogP contribution in [-0.4, -0.2) is 16.6 Å². The van der Waals surface area contributed by atoms with Crippen LogP contribution in [0.1, 0.15) is 49.1 Å². The molecule has 0 saturated carbocycles. The van der Waals surface area contributed by atoms with Crippen molar-refractivity contribution in [1.82, 2.24) is 4.90 Å². The molecule has 1 aromatic rings. The highest BCUT2D eigenvalue weighted by molar-refractivity contribution is 5.48. The molecule has 1 N–H and O–H groups in total. The second-order valence-corrected chi connectivity index (χ2v) is 5.65. The van der Waals surface area contributed by atoms with Gasteiger partial charge in [0, 0.05) is 29.8 Å². The molecule has 2 heteroatoms. The monoisotopic (exact) mass is 279 g/mol. The highest BCUT2D eigenvalue weighted by Crippen LogP contribution is 2.32. The average Bonchev–Trinajstić information content (AvgIpc) is 2.83. The van der Waals surface area contributed by atoms with Crippen LogP contribution in [0, 0.1) is 11.8 Å². The summed E-state index contributed by atoms with van der Waals surface area (Å²) in [5.41, 5.74) is 4.31. The summed E-state index contributed by atoms with van der Waals surface area (Å²) in [6.45, 7) is 3.90. The number of aliphatic hydroxyl groups is 1. The number of fused-ring (bicyclic) bond motifs is 1. The maximum Gasteiger partial charge on any atom is 0.134 e. The molecule has 0 bridgehead atoms. The van der Waals surface area contributed by atoms with Gasteiger partial charge in [0.1, 0.15) is 6.23 Å². The van der Waals surface area contributed by atoms with Crippen molar-refractivity contribution in [2.24, 2.45) is 0 Å². The zero-order valence-electron chi connectivity index (χ0n) is 12.5. The second-order valence-electron chi connectivity index (χ2n) is 5.65. The lowest BCUT2D eigenvalue weighted by atomic mass is 10.0. The molecule has 0 amide bonds. The first-order chi connectivity index (χ1) is 10.3. The topological polar surface area (TPSA) is 23.5 Å². The number of hydrogen-bond donors (Lipinski definition) is 1. The summed E-state index contributed by atoms with van der Waals surface area (Å²) in [7, 11) is 0. The predicted molar refractivity (Wildman–Crippen MR) is 85.4 cm³/mol. The van der Waals surface area contributed by atoms with Crippen molar-refractivity contribution >= 4 is 0 Å². The Morgan fingerprint density at radius 3 is 2.95 bits per heavy atom. The third kappa shape index (κ3) is 3.10. The van der Waals surface area contributed by atoms with Crippen LogP contribution in [0.5, 0.6) is 0 Å². The van der Waals surface area contributed by atoms with Crippen LogP contribution in [0.25, 0.3) is 0 Å². The van der Waals surface area contributed by atoms with Crippen molar-refractivity contribution in [2.75, 3.05) is 6.54 Å². The van der Waals surface area contributed by atoms with Crippen molar-refractivity contribution in [3.63, 3.8) is 0 Å². The highest BCUT2D eigenvalue weighted by Gasteiger charge is 2.27. The molecule has 1 aliphatic heterocycles. The Bertz CT molecular complexity index is 645. The first-order valence-electron chi connectivity index (χ1n) is 7.71. The van der Waals surface area contributed by atoms with Crippen LogP contribution in [-0.2, 0) is 6.54 Å². The van der Waals surface area contributed by atoms with Crippen LogP contribution in [0.2, 0.25) is 0 Å². The zero-order chi connectivity index (χ0) is 14.7. The van der Waals surface area contributed by atoms with Crippen LogP contribution in [0.4, 0.5) is 0 Å². The van der Waals surface area contributed by atoms with E-state index in [1.165, 1.54) is 5.56 Å². The SMILES string of the molecule is CCCN1Cc2ccc(C#CC3=CCCC=C3)cc2C1O. The van der Waals surface area contributed by atoms with E-state index in [0.717, 1.165) is 49.1 Å². The first-order valence-corrected chi connectivity index (χ1v) is 7.71. The molecule has 2 nitrogen and oxygen atoms in total. The smallest absolute Gasteiger partial charge is 0.134 e. The Morgan fingerprint density at radius 1 is 1.29 bits per heavy atom. The number of aliphatic hydroxyl groups excluding tert-OH is 1. The third-order valence-electron chi connectivity index (χ3n) is 4.00. The molecule has 0 spiro atoms. The summed E-state index contributed by atoms with van der Waals surface area (Å²) in [6, 6.07) is 6.19. The van der Waals surface area contributed by atoms with Crippen molar-refractivity contribution in [3.05, 3.63) is 58.7 Å². The van der Waals surface area contributed by atoms with E-state index in [1.54, 1.807) is 0 Å². The van der Waals surface area contributed by atoms with Crippen LogP contribution < -0.4 is 0 Å². The van der Waals surface area contributed by atoms with Gasteiger partial charge in [0.05, 0.1) is 0 Å². The van der Waals surface area contributed by atoms with Crippen LogP contribution in [0.3, 0.4) is 0 Å². The normalized spacial score (nSPS) is 20.7. The van der Waals surface area contributed by atoms with Crippen LogP contribution >= 0.6 is 0 Å². The molecule has 1 aromatic carbocycles. The minimum absolute atomic E-state index is 0.476. The van der Waals surface area contributed by atoms with Gasteiger partial charge in [0.2, 0.25) is 0 Å². The summed E-state index contributed by atoms with van der Waals surface area (Å²) >= 11 is 0. The van der Waals surface area contributed by atoms with Gasteiger partial charge < -0.3 is 5.11 Å². The molecule has 21 heavy (non-hydrogen) atoms. The molecule has 0 radical (unpaired) electrons. The zero-order valence-corrected chi connectivity index (χ0v) is 12.5. The number of benzene rings is 1. The Morgan fingerprint density at radius 2 is 2.19 bits per heavy atom. The summed E-state index contributed by atoms with van der Waals surface area (Å²) in [6.07, 6.45) is 9.20. The molecule has 0 saturated heterocycles. The van der Waals surface area contributed by atoms with Gasteiger partial charge in [-0.2, -0.15) is 0 Å². The van der Waals surface area contributed by atoms with Crippen LogP contribution in [0.15, 0.2) is 42.0 Å². The average molecular weight is 279 g/mol. The highest BCUT2D eigenvalue weighted by atomic mass is 16.3. The van der Waals surface area contributed by atoms with E-state index in [1.807, 2.05) is 6.07 Å². The molecule has 1 atom stereocenters. The van der Waals surface area contributed by atoms with E-state index >= 15 is 0 Å². The van der Waals surface area contributed by atoms with E-state index < -0.39 is 6.23 Å². The van der Waals surface area contributed by atoms with Gasteiger partial charge in [-0.15, -0.1) is 0 Å². The van der Waals surface area contributed by atoms with Crippen molar-refractivity contribution in [3.8, 4) is 11.8 Å². The lowest BCUT2D eigenvalue weighted by Gasteiger charge is -2.18. The molecular weight excluding hydrogens is 258 g/mol. The largest absolute Gasteiger partial charge is 0.374 e. The molecular formula is C19H21NO. The summed E-state index contributed by atoms with van der Waals surface area (Å²) in [5, 5.41) is 10.4. The molecule has 0 aromatic heterocycles. The number of hydrogen-bond acceptors (Lipinski definition) is 2. The maximum atomic E-state index is 10.4. The maximum absolute atomic E-state index is 10.4. The van der Waals surface area contributed by atoms with E-state index in [4.69, 9.17) is 0 Å². The van der Waals surface area contributed by atoms with Gasteiger partial charge >= 0.3 is 0 Å². The lowest BCUT2D eigenvalue weighted by Crippen LogP contribution is -2.22. The molecule has 1 unspecified atom stereocenters. The van der Waals surface area contributed by atoms with E-state index in [0.29, 0.717) is 0 Å². The molecule has 1 aliphatic carbocycles. The fourth-order valence-corrected chi connectivity index (χ4v) is 2.90. The van der Waals surface area contributed by atoms with Gasteiger partial charge in [-0.3, -0.25) is 4.90 Å². The van der Waals surface area contributed by atoms with Crippen molar-refractivity contribution in [2.45, 2.75) is 39.0 Å². The second kappa shape index (κ2) is 6.30. The summed E-state index contributed by atoms with van der Waals surface area (Å²) in [5.74, 6) is 6.42. The van der Waals surface area contributed by atoms with E-state index in [2.05, 4.69) is 54.0 Å². The molecule has 0 fully saturated rings. The third-order valence-corrected chi connectivity index (χ3v) is 4.00. The van der Waals surface area contributed by atoms with Gasteiger partial charge in [0.15, 0.2) is 0 Å².